The molecule has 3 aromatic rings. The minimum atomic E-state index is -0.309. The fourth-order valence-corrected chi connectivity index (χ4v) is 3.76. The second-order valence-corrected chi connectivity index (χ2v) is 7.15. The van der Waals surface area contributed by atoms with E-state index >= 15 is 0 Å². The molecule has 8 nitrogen and oxygen atoms in total. The van der Waals surface area contributed by atoms with Crippen LogP contribution in [0.3, 0.4) is 0 Å². The third-order valence-corrected chi connectivity index (χ3v) is 5.18. The first-order valence-corrected chi connectivity index (χ1v) is 9.21. The van der Waals surface area contributed by atoms with E-state index in [1.54, 1.807) is 0 Å². The molecule has 140 valence electrons. The first-order valence-electron chi connectivity index (χ1n) is 9.21. The van der Waals surface area contributed by atoms with Crippen LogP contribution in [0, 0.1) is 24.2 Å². The van der Waals surface area contributed by atoms with Crippen LogP contribution in [0.4, 0.5) is 5.82 Å². The van der Waals surface area contributed by atoms with Crippen LogP contribution in [0.25, 0.3) is 16.6 Å². The van der Waals surface area contributed by atoms with Crippen molar-refractivity contribution in [2.24, 2.45) is 11.7 Å². The first-order chi connectivity index (χ1) is 13.1. The number of rotatable bonds is 5. The number of anilines is 1. The van der Waals surface area contributed by atoms with Crippen LogP contribution in [0.5, 0.6) is 0 Å². The summed E-state index contributed by atoms with van der Waals surface area (Å²) >= 11 is 0. The Balaban J connectivity index is 1.54. The van der Waals surface area contributed by atoms with Gasteiger partial charge in [-0.15, -0.1) is 0 Å². The molecule has 0 saturated carbocycles. The molecule has 1 aliphatic rings. The van der Waals surface area contributed by atoms with Crippen molar-refractivity contribution >= 4 is 22.4 Å². The molecule has 0 bridgehead atoms. The lowest BCUT2D eigenvalue weighted by Gasteiger charge is -2.21. The summed E-state index contributed by atoms with van der Waals surface area (Å²) in [6, 6.07) is 12.6. The van der Waals surface area contributed by atoms with E-state index in [-0.39, 0.29) is 18.1 Å². The van der Waals surface area contributed by atoms with Crippen LogP contribution in [-0.2, 0) is 0 Å². The van der Waals surface area contributed by atoms with E-state index in [0.29, 0.717) is 0 Å². The van der Waals surface area contributed by atoms with Crippen molar-refractivity contribution < 1.29 is 0 Å². The van der Waals surface area contributed by atoms with Crippen molar-refractivity contribution in [3.8, 4) is 6.07 Å². The van der Waals surface area contributed by atoms with Gasteiger partial charge in [-0.05, 0) is 31.9 Å². The van der Waals surface area contributed by atoms with Crippen LogP contribution >= 0.6 is 0 Å². The number of nitrogens with one attached hydrogen (secondary N) is 2. The van der Waals surface area contributed by atoms with Crippen molar-refractivity contribution in [2.45, 2.75) is 32.0 Å². The number of nitrogens with zero attached hydrogens (tertiary/aromatic N) is 5. The number of nitrogens with two attached hydrogens (primary N) is 1. The summed E-state index contributed by atoms with van der Waals surface area (Å²) < 4.78 is 1.90. The number of aromatic nitrogens is 3. The van der Waals surface area contributed by atoms with E-state index in [9.17, 15) is 5.26 Å². The number of benzene rings is 1. The Bertz CT molecular complexity index is 1000. The summed E-state index contributed by atoms with van der Waals surface area (Å²) in [6.07, 6.45) is 1.49. The maximum atomic E-state index is 9.28. The zero-order valence-corrected chi connectivity index (χ0v) is 15.6. The highest BCUT2D eigenvalue weighted by atomic mass is 15.5. The largest absolute Gasteiger partial charge is 0.359 e. The molecule has 8 heteroatoms. The number of nitriles is 1. The third-order valence-electron chi connectivity index (χ3n) is 5.18. The van der Waals surface area contributed by atoms with Crippen molar-refractivity contribution in [1.29, 1.82) is 5.26 Å². The molecule has 1 aromatic carbocycles. The van der Waals surface area contributed by atoms with E-state index in [2.05, 4.69) is 46.1 Å². The maximum Gasteiger partial charge on any atom is 0.158 e. The standard InChI is InChI=1S/C19H24N8/c1-12-10-17-22-19(13-6-3-4-8-16(13)27(17)25-12)26(2)9-5-7-15-14(11-20)18(21)24-23-15/h3-4,6,8,10,14-15,18,23-24H,5,7,9,21H2,1-2H3. The molecular weight excluding hydrogens is 340 g/mol. The summed E-state index contributed by atoms with van der Waals surface area (Å²) in [4.78, 5) is 7.02. The highest BCUT2D eigenvalue weighted by Crippen LogP contribution is 2.26. The van der Waals surface area contributed by atoms with Crippen molar-refractivity contribution in [3.63, 3.8) is 0 Å². The summed E-state index contributed by atoms with van der Waals surface area (Å²) in [6.45, 7) is 2.82. The van der Waals surface area contributed by atoms with Gasteiger partial charge in [-0.25, -0.2) is 14.9 Å². The van der Waals surface area contributed by atoms with Gasteiger partial charge in [0.1, 0.15) is 5.82 Å². The van der Waals surface area contributed by atoms with E-state index in [4.69, 9.17) is 10.7 Å². The molecule has 3 unspecified atom stereocenters. The normalized spacial score (nSPS) is 22.4. The van der Waals surface area contributed by atoms with Crippen LogP contribution in [0.15, 0.2) is 30.3 Å². The number of hydrazine groups is 1. The summed E-state index contributed by atoms with van der Waals surface area (Å²) in [5.41, 5.74) is 14.8. The Labute approximate surface area is 157 Å². The van der Waals surface area contributed by atoms with Gasteiger partial charge in [0.25, 0.3) is 0 Å². The van der Waals surface area contributed by atoms with E-state index < -0.39 is 0 Å². The molecule has 1 fully saturated rings. The Morgan fingerprint density at radius 2 is 2.15 bits per heavy atom. The molecule has 27 heavy (non-hydrogen) atoms. The molecule has 4 N–H and O–H groups in total. The molecule has 4 rings (SSSR count). The van der Waals surface area contributed by atoms with Crippen LogP contribution in [-0.4, -0.2) is 40.4 Å². The fraction of sp³-hybridized carbons (Fsp3) is 0.421. The number of aryl methyl sites for hydroxylation is 1. The maximum absolute atomic E-state index is 9.28. The molecular formula is C19H24N8. The molecule has 0 radical (unpaired) electrons. The second-order valence-electron chi connectivity index (χ2n) is 7.15. The molecule has 0 aliphatic carbocycles. The van der Waals surface area contributed by atoms with Crippen LogP contribution < -0.4 is 21.5 Å². The average Bonchev–Trinajstić information content (AvgIpc) is 3.22. The molecule has 1 aliphatic heterocycles. The Morgan fingerprint density at radius 1 is 1.33 bits per heavy atom. The van der Waals surface area contributed by atoms with Gasteiger partial charge in [0.15, 0.2) is 5.65 Å². The quantitative estimate of drug-likeness (QED) is 0.626. The Hall–Kier alpha value is -2.73. The van der Waals surface area contributed by atoms with E-state index in [1.807, 2.05) is 29.6 Å². The topological polar surface area (TPSA) is 107 Å². The predicted molar refractivity (Wildman–Crippen MR) is 105 cm³/mol. The highest BCUT2D eigenvalue weighted by molar-refractivity contribution is 5.91. The SMILES string of the molecule is Cc1cc2nc(N(C)CCCC3NNC(N)C3C#N)c3ccccc3n2n1. The first kappa shape index (κ1) is 17.7. The van der Waals surface area contributed by atoms with Gasteiger partial charge in [0.05, 0.1) is 29.4 Å². The number of hydrogen-bond donors (Lipinski definition) is 3. The fourth-order valence-electron chi connectivity index (χ4n) is 3.76. The van der Waals surface area contributed by atoms with Crippen molar-refractivity contribution in [2.75, 3.05) is 18.5 Å². The van der Waals surface area contributed by atoms with E-state index in [0.717, 1.165) is 47.4 Å². The Kier molecular flexibility index (Phi) is 4.66. The van der Waals surface area contributed by atoms with Crippen LogP contribution in [0.2, 0.25) is 0 Å². The lowest BCUT2D eigenvalue weighted by Crippen LogP contribution is -2.38. The minimum absolute atomic E-state index is 0.0723. The van der Waals surface area contributed by atoms with Gasteiger partial charge in [-0.1, -0.05) is 12.1 Å². The lowest BCUT2D eigenvalue weighted by molar-refractivity contribution is 0.463. The summed E-state index contributed by atoms with van der Waals surface area (Å²) in [7, 11) is 2.06. The number of hydrogen-bond acceptors (Lipinski definition) is 7. The average molecular weight is 364 g/mol. The molecule has 3 heterocycles. The van der Waals surface area contributed by atoms with E-state index in [1.165, 1.54) is 0 Å². The molecule has 0 amide bonds. The van der Waals surface area contributed by atoms with Gasteiger partial charge in [-0.2, -0.15) is 10.4 Å². The molecule has 0 spiro atoms. The second kappa shape index (κ2) is 7.12. The molecule has 2 aromatic heterocycles. The predicted octanol–water partition coefficient (Wildman–Crippen LogP) is 1.31. The number of fused-ring (bicyclic) bond motifs is 3. The zero-order chi connectivity index (χ0) is 19.0. The van der Waals surface area contributed by atoms with Gasteiger partial charge >= 0.3 is 0 Å². The van der Waals surface area contributed by atoms with Gasteiger partial charge in [-0.3, -0.25) is 5.43 Å². The van der Waals surface area contributed by atoms with Gasteiger partial charge in [0.2, 0.25) is 0 Å². The minimum Gasteiger partial charge on any atom is -0.359 e. The van der Waals surface area contributed by atoms with Gasteiger partial charge in [0, 0.05) is 31.1 Å². The Morgan fingerprint density at radius 3 is 2.96 bits per heavy atom. The molecule has 3 atom stereocenters. The van der Waals surface area contributed by atoms with Crippen molar-refractivity contribution in [1.82, 2.24) is 25.4 Å². The third kappa shape index (κ3) is 3.21. The molecule has 1 saturated heterocycles. The van der Waals surface area contributed by atoms with Gasteiger partial charge < -0.3 is 10.6 Å². The highest BCUT2D eigenvalue weighted by Gasteiger charge is 2.33. The van der Waals surface area contributed by atoms with Crippen LogP contribution in [0.1, 0.15) is 18.5 Å². The summed E-state index contributed by atoms with van der Waals surface area (Å²) in [5, 5.41) is 14.9. The van der Waals surface area contributed by atoms with Crippen molar-refractivity contribution in [3.05, 3.63) is 36.0 Å². The summed E-state index contributed by atoms with van der Waals surface area (Å²) in [5.74, 6) is 0.740. The lowest BCUT2D eigenvalue weighted by atomic mass is 9.97. The monoisotopic (exact) mass is 364 g/mol. The smallest absolute Gasteiger partial charge is 0.158 e. The zero-order valence-electron chi connectivity index (χ0n) is 15.6. The number of para-hydroxylation sites is 1.